The van der Waals surface area contributed by atoms with Gasteiger partial charge in [0.15, 0.2) is 0 Å². The number of carbonyl (C=O) groups excluding carboxylic acids is 1. The van der Waals surface area contributed by atoms with E-state index in [4.69, 9.17) is 28.3 Å². The Balaban J connectivity index is 1.59. The molecular formula is C22H21Cl2N3O3S. The second kappa shape index (κ2) is 10.2. The Morgan fingerprint density at radius 3 is 2.19 bits per heavy atom. The second-order valence-corrected chi connectivity index (χ2v) is 9.22. The molecule has 0 spiro atoms. The van der Waals surface area contributed by atoms with Crippen molar-refractivity contribution in [1.82, 2.24) is 5.32 Å². The van der Waals surface area contributed by atoms with Gasteiger partial charge < -0.3 is 10.6 Å². The molecule has 1 amide bonds. The third kappa shape index (κ3) is 6.45. The highest BCUT2D eigenvalue weighted by Gasteiger charge is 2.11. The third-order valence-electron chi connectivity index (χ3n) is 4.58. The molecular weight excluding hydrogens is 457 g/mol. The van der Waals surface area contributed by atoms with Gasteiger partial charge in [0.25, 0.3) is 0 Å². The molecule has 9 heteroatoms. The first-order chi connectivity index (χ1) is 14.7. The number of primary sulfonamides is 1. The Labute approximate surface area is 191 Å². The molecule has 0 bridgehead atoms. The van der Waals surface area contributed by atoms with E-state index in [-0.39, 0.29) is 17.2 Å². The summed E-state index contributed by atoms with van der Waals surface area (Å²) in [7, 11) is -3.71. The van der Waals surface area contributed by atoms with E-state index >= 15 is 0 Å². The average molecular weight is 478 g/mol. The lowest BCUT2D eigenvalue weighted by atomic mass is 10.1. The third-order valence-corrected chi connectivity index (χ3v) is 6.14. The van der Waals surface area contributed by atoms with E-state index in [1.54, 1.807) is 30.3 Å². The number of anilines is 2. The molecule has 0 atom stereocenters. The summed E-state index contributed by atoms with van der Waals surface area (Å²) in [6.45, 7) is 0.416. The van der Waals surface area contributed by atoms with E-state index in [1.807, 2.05) is 24.3 Å². The van der Waals surface area contributed by atoms with Crippen molar-refractivity contribution in [2.45, 2.75) is 17.7 Å². The minimum atomic E-state index is -3.71. The zero-order valence-corrected chi connectivity index (χ0v) is 18.8. The van der Waals surface area contributed by atoms with Crippen molar-refractivity contribution in [2.75, 3.05) is 11.9 Å². The number of halogens is 2. The zero-order valence-electron chi connectivity index (χ0n) is 16.4. The molecule has 0 aliphatic rings. The summed E-state index contributed by atoms with van der Waals surface area (Å²) in [6.07, 6.45) is 0.737. The number of hydrogen-bond donors (Lipinski definition) is 3. The summed E-state index contributed by atoms with van der Waals surface area (Å²) >= 11 is 12.5. The summed E-state index contributed by atoms with van der Waals surface area (Å²) < 4.78 is 22.6. The molecule has 0 unspecified atom stereocenters. The number of nitrogens with one attached hydrogen (secondary N) is 2. The van der Waals surface area contributed by atoms with Crippen LogP contribution in [0.5, 0.6) is 0 Å². The zero-order chi connectivity index (χ0) is 22.4. The van der Waals surface area contributed by atoms with Crippen LogP contribution in [0.3, 0.4) is 0 Å². The van der Waals surface area contributed by atoms with Crippen molar-refractivity contribution in [2.24, 2.45) is 5.14 Å². The van der Waals surface area contributed by atoms with Gasteiger partial charge >= 0.3 is 0 Å². The van der Waals surface area contributed by atoms with E-state index in [0.29, 0.717) is 28.7 Å². The topological polar surface area (TPSA) is 101 Å². The quantitative estimate of drug-likeness (QED) is 0.450. The monoisotopic (exact) mass is 477 g/mol. The lowest BCUT2D eigenvalue weighted by Crippen LogP contribution is -2.27. The van der Waals surface area contributed by atoms with E-state index in [1.165, 1.54) is 12.1 Å². The first-order valence-corrected chi connectivity index (χ1v) is 11.7. The molecule has 3 aromatic carbocycles. The van der Waals surface area contributed by atoms with Gasteiger partial charge in [-0.25, -0.2) is 13.6 Å². The van der Waals surface area contributed by atoms with Crippen LogP contribution in [0, 0.1) is 0 Å². The van der Waals surface area contributed by atoms with Crippen LogP contribution in [0.1, 0.15) is 11.1 Å². The number of rotatable bonds is 8. The molecule has 6 nitrogen and oxygen atoms in total. The number of sulfonamides is 1. The summed E-state index contributed by atoms with van der Waals surface area (Å²) in [5.74, 6) is -0.138. The van der Waals surface area contributed by atoms with Gasteiger partial charge in [-0.2, -0.15) is 0 Å². The Hall–Kier alpha value is -2.58. The summed E-state index contributed by atoms with van der Waals surface area (Å²) in [5, 5.41) is 12.2. The maximum Gasteiger partial charge on any atom is 0.238 e. The molecule has 3 rings (SSSR count). The highest BCUT2D eigenvalue weighted by molar-refractivity contribution is 7.89. The van der Waals surface area contributed by atoms with Crippen LogP contribution in [0.15, 0.2) is 71.6 Å². The van der Waals surface area contributed by atoms with Crippen LogP contribution in [0.2, 0.25) is 10.0 Å². The van der Waals surface area contributed by atoms with Gasteiger partial charge in [-0.15, -0.1) is 0 Å². The molecule has 3 aromatic rings. The molecule has 0 heterocycles. The summed E-state index contributed by atoms with van der Waals surface area (Å²) in [5.41, 5.74) is 3.02. The first-order valence-electron chi connectivity index (χ1n) is 9.41. The predicted octanol–water partition coefficient (Wildman–Crippen LogP) is 4.29. The van der Waals surface area contributed by atoms with Crippen LogP contribution >= 0.6 is 23.2 Å². The van der Waals surface area contributed by atoms with E-state index in [0.717, 1.165) is 16.8 Å². The minimum absolute atomic E-state index is 0.0583. The van der Waals surface area contributed by atoms with E-state index < -0.39 is 10.0 Å². The number of amides is 1. The summed E-state index contributed by atoms with van der Waals surface area (Å²) in [4.78, 5) is 12.5. The lowest BCUT2D eigenvalue weighted by Gasteiger charge is -2.14. The smallest absolute Gasteiger partial charge is 0.238 e. The molecule has 4 N–H and O–H groups in total. The molecule has 0 aromatic heterocycles. The Morgan fingerprint density at radius 2 is 1.55 bits per heavy atom. The van der Waals surface area contributed by atoms with Crippen molar-refractivity contribution in [3.05, 3.63) is 87.9 Å². The average Bonchev–Trinajstić information content (AvgIpc) is 2.72. The highest BCUT2D eigenvalue weighted by atomic mass is 35.5. The molecule has 0 aliphatic heterocycles. The van der Waals surface area contributed by atoms with Gasteiger partial charge in [0.2, 0.25) is 15.9 Å². The molecule has 162 valence electrons. The fraction of sp³-hybridized carbons (Fsp3) is 0.136. The number of para-hydroxylation sites is 2. The second-order valence-electron chi connectivity index (χ2n) is 6.84. The lowest BCUT2D eigenvalue weighted by molar-refractivity contribution is -0.120. The van der Waals surface area contributed by atoms with Crippen molar-refractivity contribution < 1.29 is 13.2 Å². The minimum Gasteiger partial charge on any atom is -0.355 e. The van der Waals surface area contributed by atoms with Crippen LogP contribution in [-0.4, -0.2) is 20.9 Å². The van der Waals surface area contributed by atoms with Crippen LogP contribution in [-0.2, 0) is 27.7 Å². The van der Waals surface area contributed by atoms with Gasteiger partial charge in [-0.05, 0) is 47.9 Å². The number of carbonyl (C=O) groups is 1. The van der Waals surface area contributed by atoms with Crippen LogP contribution in [0.4, 0.5) is 11.4 Å². The van der Waals surface area contributed by atoms with Crippen LogP contribution in [0.25, 0.3) is 0 Å². The maximum absolute atomic E-state index is 12.4. The largest absolute Gasteiger partial charge is 0.355 e. The van der Waals surface area contributed by atoms with E-state index in [2.05, 4.69) is 10.6 Å². The SMILES string of the molecule is NS(=O)(=O)c1ccc(CCNC(=O)Cc2ccccc2Nc2c(Cl)cccc2Cl)cc1. The van der Waals surface area contributed by atoms with Crippen molar-refractivity contribution in [3.8, 4) is 0 Å². The van der Waals surface area contributed by atoms with Gasteiger partial charge in [0.1, 0.15) is 0 Å². The van der Waals surface area contributed by atoms with Gasteiger partial charge in [0.05, 0.1) is 27.0 Å². The fourth-order valence-corrected chi connectivity index (χ4v) is 3.98. The van der Waals surface area contributed by atoms with Crippen molar-refractivity contribution >= 4 is 50.5 Å². The number of hydrogen-bond acceptors (Lipinski definition) is 4. The standard InChI is InChI=1S/C22H21Cl2N3O3S/c23-18-5-3-6-19(24)22(18)27-20-7-2-1-4-16(20)14-21(28)26-13-12-15-8-10-17(11-9-15)31(25,29)30/h1-11,27H,12-14H2,(H,26,28)(H2,25,29,30). The molecule has 0 aliphatic carbocycles. The molecule has 0 fully saturated rings. The Kier molecular flexibility index (Phi) is 7.56. The van der Waals surface area contributed by atoms with Crippen molar-refractivity contribution in [3.63, 3.8) is 0 Å². The van der Waals surface area contributed by atoms with Gasteiger partial charge in [-0.3, -0.25) is 4.79 Å². The van der Waals surface area contributed by atoms with Gasteiger partial charge in [0, 0.05) is 12.2 Å². The Bertz CT molecular complexity index is 1160. The molecule has 0 radical (unpaired) electrons. The maximum atomic E-state index is 12.4. The fourth-order valence-electron chi connectivity index (χ4n) is 2.98. The molecule has 0 saturated carbocycles. The van der Waals surface area contributed by atoms with Crippen LogP contribution < -0.4 is 15.8 Å². The van der Waals surface area contributed by atoms with Gasteiger partial charge in [-0.1, -0.05) is 59.6 Å². The number of benzene rings is 3. The number of nitrogens with two attached hydrogens (primary N) is 1. The summed E-state index contributed by atoms with van der Waals surface area (Å²) in [6, 6.07) is 18.9. The molecule has 0 saturated heterocycles. The molecule has 31 heavy (non-hydrogen) atoms. The predicted molar refractivity (Wildman–Crippen MR) is 124 cm³/mol. The first kappa shape index (κ1) is 23.1. The van der Waals surface area contributed by atoms with E-state index in [9.17, 15) is 13.2 Å². The van der Waals surface area contributed by atoms with Crippen molar-refractivity contribution in [1.29, 1.82) is 0 Å². The highest BCUT2D eigenvalue weighted by Crippen LogP contribution is 2.33. The normalized spacial score (nSPS) is 11.2. The Morgan fingerprint density at radius 1 is 0.903 bits per heavy atom.